The first-order chi connectivity index (χ1) is 9.02. The van der Waals surface area contributed by atoms with E-state index in [0.29, 0.717) is 0 Å². The molecule has 0 aliphatic rings. The fourth-order valence-electron chi connectivity index (χ4n) is 1.84. The van der Waals surface area contributed by atoms with Crippen LogP contribution in [0, 0.1) is 0 Å². The standard InChI is InChI=1S/C15H25BrN2O/c1-4-14(17)11-12-10-13(16)6-7-15(12)19-9-5-8-18(2)3/h6-7,10,14H,4-5,8-9,11,17H2,1-3H3. The van der Waals surface area contributed by atoms with Crippen LogP contribution in [-0.2, 0) is 6.42 Å². The lowest BCUT2D eigenvalue weighted by atomic mass is 10.0. The van der Waals surface area contributed by atoms with Crippen LogP contribution in [0.5, 0.6) is 5.75 Å². The summed E-state index contributed by atoms with van der Waals surface area (Å²) in [5, 5.41) is 0. The molecule has 1 aromatic carbocycles. The van der Waals surface area contributed by atoms with Gasteiger partial charge in [0.15, 0.2) is 0 Å². The Labute approximate surface area is 125 Å². The van der Waals surface area contributed by atoms with Crippen molar-refractivity contribution < 1.29 is 4.74 Å². The highest BCUT2D eigenvalue weighted by Gasteiger charge is 2.08. The zero-order chi connectivity index (χ0) is 14.3. The molecule has 0 radical (unpaired) electrons. The molecule has 0 amide bonds. The molecule has 1 aromatic rings. The van der Waals surface area contributed by atoms with Gasteiger partial charge in [0.05, 0.1) is 6.61 Å². The van der Waals surface area contributed by atoms with Crippen molar-refractivity contribution in [3.63, 3.8) is 0 Å². The summed E-state index contributed by atoms with van der Waals surface area (Å²) < 4.78 is 6.96. The van der Waals surface area contributed by atoms with Gasteiger partial charge in [0, 0.05) is 17.1 Å². The average Bonchev–Trinajstić information content (AvgIpc) is 2.36. The van der Waals surface area contributed by atoms with Crippen LogP contribution in [-0.4, -0.2) is 38.2 Å². The van der Waals surface area contributed by atoms with Gasteiger partial charge in [0.1, 0.15) is 5.75 Å². The van der Waals surface area contributed by atoms with E-state index in [9.17, 15) is 0 Å². The number of hydrogen-bond acceptors (Lipinski definition) is 3. The predicted octanol–water partition coefficient (Wildman–Crippen LogP) is 3.06. The highest BCUT2D eigenvalue weighted by Crippen LogP contribution is 2.24. The first kappa shape index (κ1) is 16.5. The molecule has 3 nitrogen and oxygen atoms in total. The second-order valence-corrected chi connectivity index (χ2v) is 6.05. The van der Waals surface area contributed by atoms with Crippen LogP contribution in [0.1, 0.15) is 25.3 Å². The summed E-state index contributed by atoms with van der Waals surface area (Å²) in [7, 11) is 4.15. The van der Waals surface area contributed by atoms with Crippen molar-refractivity contribution in [1.29, 1.82) is 0 Å². The van der Waals surface area contributed by atoms with E-state index in [0.717, 1.165) is 42.6 Å². The second kappa shape index (κ2) is 8.56. The van der Waals surface area contributed by atoms with Gasteiger partial charge in [0.2, 0.25) is 0 Å². The van der Waals surface area contributed by atoms with Crippen LogP contribution in [0.15, 0.2) is 22.7 Å². The molecule has 0 fully saturated rings. The Morgan fingerprint density at radius 3 is 2.74 bits per heavy atom. The van der Waals surface area contributed by atoms with Gasteiger partial charge >= 0.3 is 0 Å². The van der Waals surface area contributed by atoms with Crippen molar-refractivity contribution in [3.8, 4) is 5.75 Å². The molecule has 1 atom stereocenters. The fraction of sp³-hybridized carbons (Fsp3) is 0.600. The number of hydrogen-bond donors (Lipinski definition) is 1. The van der Waals surface area contributed by atoms with E-state index < -0.39 is 0 Å². The smallest absolute Gasteiger partial charge is 0.122 e. The summed E-state index contributed by atoms with van der Waals surface area (Å²) in [5.74, 6) is 0.964. The lowest BCUT2D eigenvalue weighted by Crippen LogP contribution is -2.22. The maximum Gasteiger partial charge on any atom is 0.122 e. The Morgan fingerprint density at radius 2 is 2.11 bits per heavy atom. The van der Waals surface area contributed by atoms with Gasteiger partial charge in [-0.1, -0.05) is 22.9 Å². The van der Waals surface area contributed by atoms with E-state index >= 15 is 0 Å². The van der Waals surface area contributed by atoms with Crippen molar-refractivity contribution in [1.82, 2.24) is 4.90 Å². The number of halogens is 1. The molecule has 4 heteroatoms. The van der Waals surface area contributed by atoms with Crippen molar-refractivity contribution >= 4 is 15.9 Å². The van der Waals surface area contributed by atoms with E-state index in [4.69, 9.17) is 10.5 Å². The van der Waals surface area contributed by atoms with Crippen LogP contribution in [0.2, 0.25) is 0 Å². The van der Waals surface area contributed by atoms with E-state index in [1.807, 2.05) is 12.1 Å². The molecule has 0 saturated carbocycles. The average molecular weight is 329 g/mol. The summed E-state index contributed by atoms with van der Waals surface area (Å²) in [6.07, 6.45) is 2.87. The van der Waals surface area contributed by atoms with Crippen LogP contribution < -0.4 is 10.5 Å². The maximum atomic E-state index is 6.04. The molecule has 0 aliphatic carbocycles. The third kappa shape index (κ3) is 6.41. The molecule has 0 heterocycles. The van der Waals surface area contributed by atoms with Gasteiger partial charge in [-0.05, 0) is 57.1 Å². The monoisotopic (exact) mass is 328 g/mol. The molecule has 0 bridgehead atoms. The summed E-state index contributed by atoms with van der Waals surface area (Å²) in [4.78, 5) is 2.17. The van der Waals surface area contributed by atoms with Crippen LogP contribution in [0.25, 0.3) is 0 Å². The molecular formula is C15H25BrN2O. The summed E-state index contributed by atoms with van der Waals surface area (Å²) in [5.41, 5.74) is 7.23. The van der Waals surface area contributed by atoms with Crippen molar-refractivity contribution in [2.24, 2.45) is 5.73 Å². The Kier molecular flexibility index (Phi) is 7.42. The zero-order valence-electron chi connectivity index (χ0n) is 12.2. The van der Waals surface area contributed by atoms with Crippen molar-refractivity contribution in [2.75, 3.05) is 27.2 Å². The minimum atomic E-state index is 0.193. The first-order valence-electron chi connectivity index (χ1n) is 6.84. The quantitative estimate of drug-likeness (QED) is 0.745. The number of nitrogens with two attached hydrogens (primary N) is 1. The highest BCUT2D eigenvalue weighted by atomic mass is 79.9. The van der Waals surface area contributed by atoms with Crippen molar-refractivity contribution in [2.45, 2.75) is 32.2 Å². The van der Waals surface area contributed by atoms with Gasteiger partial charge in [-0.25, -0.2) is 0 Å². The number of rotatable bonds is 8. The topological polar surface area (TPSA) is 38.5 Å². The SMILES string of the molecule is CCC(N)Cc1cc(Br)ccc1OCCCN(C)C. The fourth-order valence-corrected chi connectivity index (χ4v) is 2.25. The predicted molar refractivity (Wildman–Crippen MR) is 84.8 cm³/mol. The van der Waals surface area contributed by atoms with Gasteiger partial charge in [-0.3, -0.25) is 0 Å². The van der Waals surface area contributed by atoms with Gasteiger partial charge < -0.3 is 15.4 Å². The Balaban J connectivity index is 2.60. The van der Waals surface area contributed by atoms with Gasteiger partial charge in [-0.2, -0.15) is 0 Å². The maximum absolute atomic E-state index is 6.04. The molecule has 1 rings (SSSR count). The lowest BCUT2D eigenvalue weighted by molar-refractivity contribution is 0.279. The normalized spacial score (nSPS) is 12.7. The number of nitrogens with zero attached hydrogens (tertiary/aromatic N) is 1. The largest absolute Gasteiger partial charge is 0.493 e. The molecular weight excluding hydrogens is 304 g/mol. The number of benzene rings is 1. The molecule has 0 spiro atoms. The third-order valence-electron chi connectivity index (χ3n) is 3.04. The van der Waals surface area contributed by atoms with Gasteiger partial charge in [-0.15, -0.1) is 0 Å². The molecule has 2 N–H and O–H groups in total. The van der Waals surface area contributed by atoms with E-state index in [1.165, 1.54) is 5.56 Å². The zero-order valence-corrected chi connectivity index (χ0v) is 13.7. The van der Waals surface area contributed by atoms with Crippen LogP contribution in [0.4, 0.5) is 0 Å². The minimum Gasteiger partial charge on any atom is -0.493 e. The van der Waals surface area contributed by atoms with Crippen molar-refractivity contribution in [3.05, 3.63) is 28.2 Å². The van der Waals surface area contributed by atoms with Crippen LogP contribution in [0.3, 0.4) is 0 Å². The lowest BCUT2D eigenvalue weighted by Gasteiger charge is -2.15. The summed E-state index contributed by atoms with van der Waals surface area (Å²) in [6, 6.07) is 6.34. The first-order valence-corrected chi connectivity index (χ1v) is 7.63. The van der Waals surface area contributed by atoms with E-state index in [-0.39, 0.29) is 6.04 Å². The molecule has 0 aromatic heterocycles. The Morgan fingerprint density at radius 1 is 1.37 bits per heavy atom. The molecule has 19 heavy (non-hydrogen) atoms. The van der Waals surface area contributed by atoms with E-state index in [1.54, 1.807) is 0 Å². The molecule has 108 valence electrons. The number of ether oxygens (including phenoxy) is 1. The third-order valence-corrected chi connectivity index (χ3v) is 3.53. The summed E-state index contributed by atoms with van der Waals surface area (Å²) in [6.45, 7) is 3.90. The molecule has 0 aliphatic heterocycles. The highest BCUT2D eigenvalue weighted by molar-refractivity contribution is 9.10. The minimum absolute atomic E-state index is 0.193. The second-order valence-electron chi connectivity index (χ2n) is 5.13. The Bertz CT molecular complexity index is 382. The Hall–Kier alpha value is -0.580. The van der Waals surface area contributed by atoms with Crippen LogP contribution >= 0.6 is 15.9 Å². The summed E-state index contributed by atoms with van der Waals surface area (Å²) >= 11 is 3.51. The van der Waals surface area contributed by atoms with Gasteiger partial charge in [0.25, 0.3) is 0 Å². The molecule has 1 unspecified atom stereocenters. The van der Waals surface area contributed by atoms with E-state index in [2.05, 4.69) is 47.9 Å². The molecule has 0 saturated heterocycles.